The lowest BCUT2D eigenvalue weighted by Crippen LogP contribution is -2.64. The van der Waals surface area contributed by atoms with E-state index < -0.39 is 40.8 Å². The van der Waals surface area contributed by atoms with Crippen molar-refractivity contribution < 1.29 is 32.4 Å². The first-order valence-electron chi connectivity index (χ1n) is 12.2. The fourth-order valence-electron chi connectivity index (χ4n) is 3.94. The van der Waals surface area contributed by atoms with Crippen molar-refractivity contribution in [3.8, 4) is 0 Å². The number of rotatable bonds is 13. The highest BCUT2D eigenvalue weighted by molar-refractivity contribution is 6.18. The molecule has 2 aromatic rings. The Morgan fingerprint density at radius 1 is 0.947 bits per heavy atom. The summed E-state index contributed by atoms with van der Waals surface area (Å²) in [5.74, 6) is -3.01. The molecule has 0 unspecified atom stereocenters. The summed E-state index contributed by atoms with van der Waals surface area (Å²) >= 11 is 0. The molecular formula is C28H34F3N3O4. The van der Waals surface area contributed by atoms with E-state index in [4.69, 9.17) is 10.6 Å². The zero-order chi connectivity index (χ0) is 28.5. The van der Waals surface area contributed by atoms with Crippen LogP contribution in [-0.4, -0.2) is 23.1 Å². The number of ketones is 1. The van der Waals surface area contributed by atoms with Crippen molar-refractivity contribution >= 4 is 17.6 Å². The summed E-state index contributed by atoms with van der Waals surface area (Å²) in [4.78, 5) is 44.5. The summed E-state index contributed by atoms with van der Waals surface area (Å²) in [5, 5.41) is 2.89. The number of carbonyl (C=O) groups is 3. The summed E-state index contributed by atoms with van der Waals surface area (Å²) in [6, 6.07) is 13.5. The van der Waals surface area contributed by atoms with E-state index in [1.165, 1.54) is 12.1 Å². The number of hydrogen-bond acceptors (Lipinski definition) is 5. The molecule has 0 fully saturated rings. The summed E-state index contributed by atoms with van der Waals surface area (Å²) in [7, 11) is 0. The Morgan fingerprint density at radius 2 is 1.55 bits per heavy atom. The van der Waals surface area contributed by atoms with Crippen molar-refractivity contribution in [2.45, 2.75) is 59.0 Å². The van der Waals surface area contributed by atoms with E-state index in [1.54, 1.807) is 19.9 Å². The second kappa shape index (κ2) is 13.3. The summed E-state index contributed by atoms with van der Waals surface area (Å²) < 4.78 is 38.7. The van der Waals surface area contributed by atoms with Crippen molar-refractivity contribution in [3.63, 3.8) is 0 Å². The second-order valence-electron chi connectivity index (χ2n) is 9.62. The summed E-state index contributed by atoms with van der Waals surface area (Å²) in [5.41, 5.74) is 6.64. The smallest absolute Gasteiger partial charge is 0.368 e. The van der Waals surface area contributed by atoms with Crippen LogP contribution in [0.5, 0.6) is 0 Å². The average molecular weight is 534 g/mol. The molecule has 10 heteroatoms. The number of hydrogen-bond donors (Lipinski definition) is 3. The van der Waals surface area contributed by atoms with E-state index in [0.29, 0.717) is 5.56 Å². The molecule has 0 aromatic heterocycles. The molecule has 206 valence electrons. The maximum absolute atomic E-state index is 13.8. The quantitative estimate of drug-likeness (QED) is 0.200. The van der Waals surface area contributed by atoms with Crippen LogP contribution in [0.3, 0.4) is 0 Å². The Balaban J connectivity index is 2.23. The topological polar surface area (TPSA) is 111 Å². The Kier molecular flexibility index (Phi) is 10.8. The van der Waals surface area contributed by atoms with Gasteiger partial charge in [0.1, 0.15) is 0 Å². The number of Topliss-reactive ketones (excluding diaryl/α,β-unsaturated/α-hetero) is 1. The second-order valence-corrected chi connectivity index (χ2v) is 9.62. The number of primary amides is 1. The van der Waals surface area contributed by atoms with Gasteiger partial charge in [0, 0.05) is 12.1 Å². The molecule has 2 rings (SSSR count). The van der Waals surface area contributed by atoms with Crippen LogP contribution in [0.15, 0.2) is 66.2 Å². The number of nitrogens with two attached hydrogens (primary N) is 1. The van der Waals surface area contributed by atoms with Gasteiger partial charge in [0.2, 0.25) is 11.8 Å². The Labute approximate surface area is 220 Å². The van der Waals surface area contributed by atoms with Gasteiger partial charge < -0.3 is 5.73 Å². The minimum absolute atomic E-state index is 0.0632. The van der Waals surface area contributed by atoms with E-state index >= 15 is 0 Å². The number of alkyl halides is 3. The molecule has 0 saturated carbocycles. The van der Waals surface area contributed by atoms with E-state index in [9.17, 15) is 27.6 Å². The van der Waals surface area contributed by atoms with Crippen LogP contribution in [0.25, 0.3) is 0 Å². The summed E-state index contributed by atoms with van der Waals surface area (Å²) in [6.07, 6.45) is -3.27. The highest BCUT2D eigenvalue weighted by atomic mass is 19.4. The highest BCUT2D eigenvalue weighted by Gasteiger charge is 2.48. The molecular weight excluding hydrogens is 499 g/mol. The van der Waals surface area contributed by atoms with Crippen LogP contribution in [0.2, 0.25) is 0 Å². The van der Waals surface area contributed by atoms with Gasteiger partial charge in [-0.2, -0.15) is 13.2 Å². The van der Waals surface area contributed by atoms with E-state index in [2.05, 4.69) is 10.8 Å². The van der Waals surface area contributed by atoms with Gasteiger partial charge in [-0.15, -0.1) is 0 Å². The Bertz CT molecular complexity index is 1130. The van der Waals surface area contributed by atoms with Gasteiger partial charge in [-0.25, -0.2) is 5.48 Å². The van der Waals surface area contributed by atoms with Gasteiger partial charge in [-0.1, -0.05) is 76.2 Å². The minimum atomic E-state index is -4.49. The van der Waals surface area contributed by atoms with Crippen LogP contribution in [0.1, 0.15) is 50.8 Å². The highest BCUT2D eigenvalue weighted by Crippen LogP contribution is 2.30. The normalized spacial score (nSPS) is 13.9. The summed E-state index contributed by atoms with van der Waals surface area (Å²) in [6.45, 7) is 6.89. The average Bonchev–Trinajstić information content (AvgIpc) is 2.83. The number of amides is 2. The van der Waals surface area contributed by atoms with Crippen molar-refractivity contribution in [1.82, 2.24) is 10.8 Å². The monoisotopic (exact) mass is 533 g/mol. The van der Waals surface area contributed by atoms with Gasteiger partial charge in [0.15, 0.2) is 11.3 Å². The maximum Gasteiger partial charge on any atom is 0.416 e. The molecule has 4 N–H and O–H groups in total. The Morgan fingerprint density at radius 3 is 2.05 bits per heavy atom. The minimum Gasteiger partial charge on any atom is -0.368 e. The number of nitrogens with one attached hydrogen (secondary N) is 2. The zero-order valence-electron chi connectivity index (χ0n) is 21.9. The van der Waals surface area contributed by atoms with Crippen LogP contribution in [-0.2, 0) is 38.5 Å². The van der Waals surface area contributed by atoms with Gasteiger partial charge in [-0.05, 0) is 35.1 Å². The molecule has 0 saturated heterocycles. The number of allylic oxidation sites excluding steroid dienone is 1. The van der Waals surface area contributed by atoms with E-state index in [0.717, 1.165) is 17.7 Å². The fourth-order valence-corrected chi connectivity index (χ4v) is 3.94. The third-order valence-corrected chi connectivity index (χ3v) is 5.91. The van der Waals surface area contributed by atoms with E-state index in [-0.39, 0.29) is 31.1 Å². The fraction of sp³-hybridized carbons (Fsp3) is 0.393. The van der Waals surface area contributed by atoms with Crippen molar-refractivity contribution in [2.75, 3.05) is 0 Å². The molecule has 7 nitrogen and oxygen atoms in total. The van der Waals surface area contributed by atoms with Crippen LogP contribution in [0.4, 0.5) is 13.2 Å². The number of benzene rings is 2. The molecule has 0 heterocycles. The molecule has 2 aromatic carbocycles. The first-order valence-corrected chi connectivity index (χ1v) is 12.2. The lowest BCUT2D eigenvalue weighted by atomic mass is 9.77. The SMILES string of the molecule is CC(C)C=C(CC(=O)NOCc1ccccc1)C(=O)[C@@](NCc1ccc(C(F)(F)F)cc1)(C(N)=O)C(C)C. The van der Waals surface area contributed by atoms with Crippen molar-refractivity contribution in [1.29, 1.82) is 0 Å². The largest absolute Gasteiger partial charge is 0.416 e. The van der Waals surface area contributed by atoms with Gasteiger partial charge in [-0.3, -0.25) is 24.5 Å². The van der Waals surface area contributed by atoms with Crippen LogP contribution in [0, 0.1) is 11.8 Å². The van der Waals surface area contributed by atoms with Crippen LogP contribution >= 0.6 is 0 Å². The molecule has 0 bridgehead atoms. The number of hydroxylamine groups is 1. The number of halogens is 3. The molecule has 0 aliphatic carbocycles. The lowest BCUT2D eigenvalue weighted by molar-refractivity contribution is -0.139. The molecule has 2 amide bonds. The molecule has 0 spiro atoms. The van der Waals surface area contributed by atoms with Gasteiger partial charge in [0.25, 0.3) is 0 Å². The Hall–Kier alpha value is -3.50. The number of carbonyl (C=O) groups excluding carboxylic acids is 3. The van der Waals surface area contributed by atoms with Crippen molar-refractivity contribution in [3.05, 3.63) is 82.9 Å². The molecule has 0 aliphatic heterocycles. The molecule has 0 aliphatic rings. The first kappa shape index (κ1) is 30.7. The predicted octanol–water partition coefficient (Wildman–Crippen LogP) is 4.46. The molecule has 38 heavy (non-hydrogen) atoms. The van der Waals surface area contributed by atoms with Crippen LogP contribution < -0.4 is 16.5 Å². The predicted molar refractivity (Wildman–Crippen MR) is 137 cm³/mol. The third-order valence-electron chi connectivity index (χ3n) is 5.91. The van der Waals surface area contributed by atoms with Gasteiger partial charge >= 0.3 is 6.18 Å². The third kappa shape index (κ3) is 8.26. The van der Waals surface area contributed by atoms with Crippen molar-refractivity contribution in [2.24, 2.45) is 17.6 Å². The maximum atomic E-state index is 13.8. The van der Waals surface area contributed by atoms with E-state index in [1.807, 2.05) is 44.2 Å². The zero-order valence-corrected chi connectivity index (χ0v) is 21.9. The lowest BCUT2D eigenvalue weighted by Gasteiger charge is -2.35. The molecule has 0 radical (unpaired) electrons. The van der Waals surface area contributed by atoms with Gasteiger partial charge in [0.05, 0.1) is 18.6 Å². The molecule has 1 atom stereocenters. The standard InChI is InChI=1S/C28H34F3N3O4/c1-18(2)14-22(15-24(35)34-38-17-21-8-6-5-7-9-21)25(36)27(19(3)4,26(32)37)33-16-20-10-12-23(13-11-20)28(29,30)31/h5-14,18-19,33H,15-17H2,1-4H3,(H2,32,37)(H,34,35)/t27-/m1/s1. The first-order chi connectivity index (χ1) is 17.8.